The van der Waals surface area contributed by atoms with Crippen LogP contribution in [0.3, 0.4) is 0 Å². The van der Waals surface area contributed by atoms with Gasteiger partial charge in [0, 0.05) is 30.1 Å². The monoisotopic (exact) mass is 281 g/mol. The second kappa shape index (κ2) is 6.76. The standard InChI is InChI=1S/C17H19N3O/c1-3-10-19-17(21)12-20(2)16-9-8-13(11-18)14-6-4-5-7-15(14)16/h4-9H,3,10,12H2,1-2H3,(H,19,21). The van der Waals surface area contributed by atoms with Gasteiger partial charge in [-0.3, -0.25) is 4.79 Å². The summed E-state index contributed by atoms with van der Waals surface area (Å²) in [7, 11) is 1.89. The van der Waals surface area contributed by atoms with E-state index in [2.05, 4.69) is 11.4 Å². The number of nitrogens with one attached hydrogen (secondary N) is 1. The molecule has 1 amide bonds. The van der Waals surface area contributed by atoms with Gasteiger partial charge in [-0.25, -0.2) is 0 Å². The Morgan fingerprint density at radius 3 is 2.62 bits per heavy atom. The SMILES string of the molecule is CCCNC(=O)CN(C)c1ccc(C#N)c2ccccc12. The number of likely N-dealkylation sites (N-methyl/N-ethyl adjacent to an activating group) is 1. The molecular weight excluding hydrogens is 262 g/mol. The molecule has 0 fully saturated rings. The molecule has 1 N–H and O–H groups in total. The molecule has 0 spiro atoms. The zero-order chi connectivity index (χ0) is 15.2. The summed E-state index contributed by atoms with van der Waals surface area (Å²) in [5.41, 5.74) is 1.61. The largest absolute Gasteiger partial charge is 0.365 e. The Hall–Kier alpha value is -2.54. The minimum absolute atomic E-state index is 0.00721. The van der Waals surface area contributed by atoms with Crippen LogP contribution < -0.4 is 10.2 Å². The molecule has 2 aromatic carbocycles. The number of carbonyl (C=O) groups excluding carboxylic acids is 1. The van der Waals surface area contributed by atoms with E-state index >= 15 is 0 Å². The molecule has 0 aliphatic carbocycles. The molecule has 0 radical (unpaired) electrons. The Labute approximate surface area is 125 Å². The fourth-order valence-corrected chi connectivity index (χ4v) is 2.33. The molecule has 4 nitrogen and oxygen atoms in total. The highest BCUT2D eigenvalue weighted by Gasteiger charge is 2.11. The lowest BCUT2D eigenvalue weighted by Crippen LogP contribution is -2.35. The lowest BCUT2D eigenvalue weighted by molar-refractivity contribution is -0.119. The van der Waals surface area contributed by atoms with E-state index in [0.29, 0.717) is 18.7 Å². The van der Waals surface area contributed by atoms with Crippen LogP contribution in [0.25, 0.3) is 10.8 Å². The molecule has 108 valence electrons. The zero-order valence-corrected chi connectivity index (χ0v) is 12.4. The number of hydrogen-bond acceptors (Lipinski definition) is 3. The molecule has 0 unspecified atom stereocenters. The van der Waals surface area contributed by atoms with Crippen LogP contribution in [0.2, 0.25) is 0 Å². The van der Waals surface area contributed by atoms with E-state index in [-0.39, 0.29) is 5.91 Å². The summed E-state index contributed by atoms with van der Waals surface area (Å²) in [5.74, 6) is 0.00721. The maximum absolute atomic E-state index is 11.8. The van der Waals surface area contributed by atoms with E-state index < -0.39 is 0 Å². The highest BCUT2D eigenvalue weighted by atomic mass is 16.2. The van der Waals surface area contributed by atoms with Gasteiger partial charge in [0.2, 0.25) is 5.91 Å². The molecule has 0 aliphatic heterocycles. The smallest absolute Gasteiger partial charge is 0.239 e. The van der Waals surface area contributed by atoms with Crippen molar-refractivity contribution in [2.24, 2.45) is 0 Å². The molecule has 0 aliphatic rings. The van der Waals surface area contributed by atoms with Crippen molar-refractivity contribution in [3.05, 3.63) is 42.0 Å². The van der Waals surface area contributed by atoms with Crippen molar-refractivity contribution in [1.29, 1.82) is 5.26 Å². The van der Waals surface area contributed by atoms with Gasteiger partial charge in [-0.05, 0) is 18.6 Å². The first-order valence-corrected chi connectivity index (χ1v) is 7.07. The van der Waals surface area contributed by atoms with Crippen molar-refractivity contribution in [2.75, 3.05) is 25.0 Å². The van der Waals surface area contributed by atoms with Gasteiger partial charge in [0.15, 0.2) is 0 Å². The number of carbonyl (C=O) groups is 1. The van der Waals surface area contributed by atoms with Crippen LogP contribution in [0.4, 0.5) is 5.69 Å². The van der Waals surface area contributed by atoms with Gasteiger partial charge in [-0.15, -0.1) is 0 Å². The average Bonchev–Trinajstić information content (AvgIpc) is 2.51. The van der Waals surface area contributed by atoms with Crippen molar-refractivity contribution in [3.63, 3.8) is 0 Å². The van der Waals surface area contributed by atoms with E-state index in [1.807, 2.05) is 49.2 Å². The number of fused-ring (bicyclic) bond motifs is 1. The van der Waals surface area contributed by atoms with Gasteiger partial charge in [0.25, 0.3) is 0 Å². The summed E-state index contributed by atoms with van der Waals surface area (Å²) in [5, 5.41) is 14.0. The van der Waals surface area contributed by atoms with Gasteiger partial charge in [-0.1, -0.05) is 31.2 Å². The highest BCUT2D eigenvalue weighted by Crippen LogP contribution is 2.28. The first kappa shape index (κ1) is 14.9. The molecule has 0 atom stereocenters. The lowest BCUT2D eigenvalue weighted by atomic mass is 10.0. The minimum Gasteiger partial charge on any atom is -0.365 e. The van der Waals surface area contributed by atoms with E-state index in [0.717, 1.165) is 22.9 Å². The third-order valence-electron chi connectivity index (χ3n) is 3.39. The highest BCUT2D eigenvalue weighted by molar-refractivity contribution is 5.98. The predicted octanol–water partition coefficient (Wildman–Crippen LogP) is 2.67. The van der Waals surface area contributed by atoms with Crippen molar-refractivity contribution in [2.45, 2.75) is 13.3 Å². The molecule has 21 heavy (non-hydrogen) atoms. The molecule has 0 bridgehead atoms. The summed E-state index contributed by atoms with van der Waals surface area (Å²) < 4.78 is 0. The zero-order valence-electron chi connectivity index (χ0n) is 12.4. The molecule has 4 heteroatoms. The first-order valence-electron chi connectivity index (χ1n) is 7.07. The number of anilines is 1. The second-order valence-electron chi connectivity index (χ2n) is 5.00. The Morgan fingerprint density at radius 2 is 1.95 bits per heavy atom. The Balaban J connectivity index is 2.30. The normalized spacial score (nSPS) is 10.1. The van der Waals surface area contributed by atoms with E-state index in [4.69, 9.17) is 0 Å². The maximum Gasteiger partial charge on any atom is 0.239 e. The number of rotatable bonds is 5. The molecule has 0 heterocycles. The molecule has 2 rings (SSSR count). The van der Waals surface area contributed by atoms with Crippen LogP contribution in [0.15, 0.2) is 36.4 Å². The topological polar surface area (TPSA) is 56.1 Å². The van der Waals surface area contributed by atoms with E-state index in [1.54, 1.807) is 6.07 Å². The number of nitriles is 1. The third-order valence-corrected chi connectivity index (χ3v) is 3.39. The van der Waals surface area contributed by atoms with Gasteiger partial charge in [0.1, 0.15) is 0 Å². The van der Waals surface area contributed by atoms with Crippen molar-refractivity contribution in [1.82, 2.24) is 5.32 Å². The quantitative estimate of drug-likeness (QED) is 0.916. The predicted molar refractivity (Wildman–Crippen MR) is 85.2 cm³/mol. The number of benzene rings is 2. The number of nitrogens with zero attached hydrogens (tertiary/aromatic N) is 2. The summed E-state index contributed by atoms with van der Waals surface area (Å²) in [6.07, 6.45) is 0.926. The average molecular weight is 281 g/mol. The third kappa shape index (κ3) is 3.32. The Kier molecular flexibility index (Phi) is 4.78. The lowest BCUT2D eigenvalue weighted by Gasteiger charge is -2.21. The first-order chi connectivity index (χ1) is 10.2. The molecular formula is C17H19N3O. The van der Waals surface area contributed by atoms with Crippen molar-refractivity contribution < 1.29 is 4.79 Å². The number of hydrogen-bond donors (Lipinski definition) is 1. The summed E-state index contributed by atoms with van der Waals surface area (Å²) in [4.78, 5) is 13.8. The number of amides is 1. The minimum atomic E-state index is 0.00721. The van der Waals surface area contributed by atoms with Crippen LogP contribution in [0.5, 0.6) is 0 Å². The van der Waals surface area contributed by atoms with Gasteiger partial charge in [0.05, 0.1) is 18.2 Å². The summed E-state index contributed by atoms with van der Waals surface area (Å²) in [6, 6.07) is 13.7. The van der Waals surface area contributed by atoms with Crippen LogP contribution in [0, 0.1) is 11.3 Å². The van der Waals surface area contributed by atoms with Crippen LogP contribution in [-0.4, -0.2) is 26.0 Å². The van der Waals surface area contributed by atoms with Crippen molar-refractivity contribution in [3.8, 4) is 6.07 Å². The van der Waals surface area contributed by atoms with Crippen LogP contribution in [-0.2, 0) is 4.79 Å². The molecule has 0 aromatic heterocycles. The second-order valence-corrected chi connectivity index (χ2v) is 5.00. The van der Waals surface area contributed by atoms with Gasteiger partial charge in [-0.2, -0.15) is 5.26 Å². The van der Waals surface area contributed by atoms with Gasteiger partial charge >= 0.3 is 0 Å². The summed E-state index contributed by atoms with van der Waals surface area (Å²) >= 11 is 0. The molecule has 2 aromatic rings. The Morgan fingerprint density at radius 1 is 1.24 bits per heavy atom. The van der Waals surface area contributed by atoms with E-state index in [9.17, 15) is 10.1 Å². The maximum atomic E-state index is 11.8. The Bertz CT molecular complexity index is 688. The van der Waals surface area contributed by atoms with Crippen molar-refractivity contribution >= 4 is 22.4 Å². The summed E-state index contributed by atoms with van der Waals surface area (Å²) in [6.45, 7) is 3.02. The van der Waals surface area contributed by atoms with E-state index in [1.165, 1.54) is 0 Å². The van der Waals surface area contributed by atoms with Crippen LogP contribution in [0.1, 0.15) is 18.9 Å². The fourth-order valence-electron chi connectivity index (χ4n) is 2.33. The van der Waals surface area contributed by atoms with Gasteiger partial charge < -0.3 is 10.2 Å². The molecule has 0 saturated carbocycles. The molecule has 0 saturated heterocycles. The fraction of sp³-hybridized carbons (Fsp3) is 0.294. The van der Waals surface area contributed by atoms with Crippen LogP contribution >= 0.6 is 0 Å².